The molecule has 0 spiro atoms. The van der Waals surface area contributed by atoms with E-state index in [0.29, 0.717) is 12.3 Å². The molecule has 33 heavy (non-hydrogen) atoms. The zero-order chi connectivity index (χ0) is 23.4. The fourth-order valence-corrected chi connectivity index (χ4v) is 7.67. The molecule has 0 amide bonds. The number of nitrogens with zero attached hydrogens (tertiary/aromatic N) is 4. The van der Waals surface area contributed by atoms with Gasteiger partial charge in [-0.3, -0.25) is 0 Å². The van der Waals surface area contributed by atoms with Gasteiger partial charge in [0.15, 0.2) is 0 Å². The molecule has 0 saturated carbocycles. The number of carbonyl (C=O) groups excluding carboxylic acids is 1. The number of unbranched alkanes of at least 4 members (excludes halogenated alkanes) is 1. The van der Waals surface area contributed by atoms with Crippen LogP contribution in [0.25, 0.3) is 11.0 Å². The van der Waals surface area contributed by atoms with E-state index in [-0.39, 0.29) is 6.09 Å². The Hall–Kier alpha value is -2.06. The van der Waals surface area contributed by atoms with Crippen LogP contribution in [0.1, 0.15) is 25.3 Å². The number of anilines is 1. The van der Waals surface area contributed by atoms with E-state index in [2.05, 4.69) is 60.8 Å². The van der Waals surface area contributed by atoms with Crippen LogP contribution in [0, 0.1) is 0 Å². The van der Waals surface area contributed by atoms with E-state index >= 15 is 0 Å². The van der Waals surface area contributed by atoms with Crippen LogP contribution in [-0.4, -0.2) is 71.7 Å². The summed E-state index contributed by atoms with van der Waals surface area (Å²) in [5.41, 5.74) is 3.13. The molecule has 0 unspecified atom stereocenters. The number of rotatable bonds is 7. The van der Waals surface area contributed by atoms with E-state index in [9.17, 15) is 4.79 Å². The van der Waals surface area contributed by atoms with Gasteiger partial charge >= 0.3 is 149 Å². The number of benzene rings is 1. The Balaban J connectivity index is 1.41. The van der Waals surface area contributed by atoms with E-state index in [4.69, 9.17) is 4.74 Å². The number of hydrogen-bond donors (Lipinski definition) is 0. The molecule has 1 saturated heterocycles. The van der Waals surface area contributed by atoms with E-state index in [1.54, 1.807) is 14.3 Å². The summed E-state index contributed by atoms with van der Waals surface area (Å²) < 4.78 is 8.58. The van der Waals surface area contributed by atoms with Crippen molar-refractivity contribution in [2.75, 3.05) is 37.7 Å². The third kappa shape index (κ3) is 5.72. The van der Waals surface area contributed by atoms with Crippen LogP contribution in [0.2, 0.25) is 14.8 Å². The summed E-state index contributed by atoms with van der Waals surface area (Å²) in [4.78, 5) is 29.4. The van der Waals surface area contributed by atoms with Gasteiger partial charge in [-0.1, -0.05) is 13.3 Å². The molecule has 7 heteroatoms. The molecule has 0 bridgehead atoms. The number of carbonyl (C=O) groups is 1. The van der Waals surface area contributed by atoms with Crippen molar-refractivity contribution < 1.29 is 9.53 Å². The zero-order valence-electron chi connectivity index (χ0n) is 20.4. The fourth-order valence-electron chi connectivity index (χ4n) is 4.34. The molecule has 176 valence electrons. The van der Waals surface area contributed by atoms with Crippen molar-refractivity contribution in [3.8, 4) is 0 Å². The second-order valence-corrected chi connectivity index (χ2v) is 24.4. The van der Waals surface area contributed by atoms with Gasteiger partial charge in [-0.25, -0.2) is 9.78 Å². The summed E-state index contributed by atoms with van der Waals surface area (Å²) in [6.07, 6.45) is 5.17. The van der Waals surface area contributed by atoms with Gasteiger partial charge < -0.3 is 4.74 Å². The Morgan fingerprint density at radius 1 is 1.06 bits per heavy atom. The van der Waals surface area contributed by atoms with Gasteiger partial charge in [0.2, 0.25) is 0 Å². The fraction of sp³-hybridized carbons (Fsp3) is 0.462. The van der Waals surface area contributed by atoms with E-state index in [1.807, 2.05) is 18.3 Å². The molecular weight excluding hydrogens is 519 g/mol. The molecule has 0 atom stereocenters. The van der Waals surface area contributed by atoms with Crippen molar-refractivity contribution in [1.82, 2.24) is 14.5 Å². The minimum Gasteiger partial charge on any atom is -0.238 e. The third-order valence-electron chi connectivity index (χ3n) is 6.43. The van der Waals surface area contributed by atoms with Crippen LogP contribution < -0.4 is 8.48 Å². The number of piperazine rings is 1. The summed E-state index contributed by atoms with van der Waals surface area (Å²) in [6, 6.07) is 13.3. The Bertz CT molecular complexity index is 1080. The summed E-state index contributed by atoms with van der Waals surface area (Å²) in [5, 5.41) is 1.02. The molecule has 6 nitrogen and oxygen atoms in total. The predicted octanol–water partition coefficient (Wildman–Crippen LogP) is 4.69. The minimum absolute atomic E-state index is 0.341. The Morgan fingerprint density at radius 2 is 1.79 bits per heavy atom. The second kappa shape index (κ2) is 10.5. The molecule has 3 heterocycles. The first-order chi connectivity index (χ1) is 15.9. The van der Waals surface area contributed by atoms with Crippen molar-refractivity contribution in [3.63, 3.8) is 0 Å². The maximum atomic E-state index is 12.6. The van der Waals surface area contributed by atoms with Crippen LogP contribution in [0.3, 0.4) is 0 Å². The average molecular weight is 555 g/mol. The SMILES string of the molecule is CCCCOC(=O)n1cc(CN2CCN(c3cc[c]([Sn]([CH3])([CH3])[CH3])cc3)CC2)c2cccnc21. The van der Waals surface area contributed by atoms with Crippen LogP contribution in [0.15, 0.2) is 48.8 Å². The molecule has 1 aromatic carbocycles. The van der Waals surface area contributed by atoms with E-state index < -0.39 is 18.4 Å². The minimum atomic E-state index is -2.00. The molecule has 4 rings (SSSR count). The molecule has 1 fully saturated rings. The third-order valence-corrected chi connectivity index (χ3v) is 12.3. The monoisotopic (exact) mass is 556 g/mol. The number of hydrogen-bond acceptors (Lipinski definition) is 5. The molecule has 3 aromatic rings. The molecule has 1 aliphatic rings. The first-order valence-electron chi connectivity index (χ1n) is 12.1. The molecule has 2 aromatic heterocycles. The van der Waals surface area contributed by atoms with Crippen LogP contribution in [0.5, 0.6) is 0 Å². The second-order valence-electron chi connectivity index (χ2n) is 9.93. The summed E-state index contributed by atoms with van der Waals surface area (Å²) in [7, 11) is 0. The first kappa shape index (κ1) is 24.1. The predicted molar refractivity (Wildman–Crippen MR) is 138 cm³/mol. The Labute approximate surface area is 201 Å². The zero-order valence-corrected chi connectivity index (χ0v) is 23.2. The number of aromatic nitrogens is 2. The van der Waals surface area contributed by atoms with Gasteiger partial charge in [0.25, 0.3) is 0 Å². The van der Waals surface area contributed by atoms with E-state index in [0.717, 1.165) is 56.5 Å². The average Bonchev–Trinajstić information content (AvgIpc) is 3.18. The van der Waals surface area contributed by atoms with Crippen molar-refractivity contribution in [3.05, 3.63) is 54.4 Å². The normalized spacial score (nSPS) is 15.2. The van der Waals surface area contributed by atoms with E-state index in [1.165, 1.54) is 5.69 Å². The van der Waals surface area contributed by atoms with Crippen molar-refractivity contribution in [2.24, 2.45) is 0 Å². The number of fused-ring (bicyclic) bond motifs is 1. The van der Waals surface area contributed by atoms with Gasteiger partial charge in [-0.05, 0) is 12.5 Å². The molecular formula is C26H36N4O2Sn. The summed E-state index contributed by atoms with van der Waals surface area (Å²) in [5.74, 6) is 0. The van der Waals surface area contributed by atoms with Gasteiger partial charge in [-0.2, -0.15) is 0 Å². The smallest absolute Gasteiger partial charge is 0.238 e. The first-order valence-corrected chi connectivity index (χ1v) is 22.1. The standard InChI is InChI=1S/C23H27N4O2.3CH3.Sn/c1-2-3-16-29-23(28)27-18-19(21-10-7-11-24-22(21)27)17-25-12-14-26(15-13-25)20-8-5-4-6-9-20;;;;/h5-11,18H,2-3,12-17H2,1H3;3*1H3;. The molecule has 1 aliphatic heterocycles. The van der Waals surface area contributed by atoms with Crippen molar-refractivity contribution >= 4 is 44.8 Å². The van der Waals surface area contributed by atoms with Gasteiger partial charge in [0, 0.05) is 6.20 Å². The molecule has 0 radical (unpaired) electrons. The quantitative estimate of drug-likeness (QED) is 0.313. The van der Waals surface area contributed by atoms with Crippen LogP contribution in [0.4, 0.5) is 10.5 Å². The molecule has 0 aliphatic carbocycles. The Morgan fingerprint density at radius 3 is 2.45 bits per heavy atom. The summed E-state index contributed by atoms with van der Waals surface area (Å²) in [6.45, 7) is 7.34. The van der Waals surface area contributed by atoms with Crippen molar-refractivity contribution in [2.45, 2.75) is 41.1 Å². The van der Waals surface area contributed by atoms with Gasteiger partial charge in [-0.15, -0.1) is 0 Å². The van der Waals surface area contributed by atoms with Gasteiger partial charge in [0.05, 0.1) is 6.61 Å². The summed E-state index contributed by atoms with van der Waals surface area (Å²) >= 11 is -2.00. The van der Waals surface area contributed by atoms with Crippen LogP contribution >= 0.6 is 0 Å². The van der Waals surface area contributed by atoms with Gasteiger partial charge in [0.1, 0.15) is 0 Å². The topological polar surface area (TPSA) is 50.6 Å². The van der Waals surface area contributed by atoms with Crippen molar-refractivity contribution in [1.29, 1.82) is 0 Å². The number of pyridine rings is 1. The number of ether oxygens (including phenoxy) is 1. The molecule has 0 N–H and O–H groups in total. The Kier molecular flexibility index (Phi) is 7.64. The van der Waals surface area contributed by atoms with Crippen LogP contribution in [-0.2, 0) is 11.3 Å². The maximum absolute atomic E-state index is 12.6.